The first-order valence-electron chi connectivity index (χ1n) is 4.51. The number of nitrogens with zero attached hydrogens (tertiary/aromatic N) is 2. The van der Waals surface area contributed by atoms with Gasteiger partial charge in [-0.1, -0.05) is 27.3 Å². The highest BCUT2D eigenvalue weighted by atomic mass is 127. The van der Waals surface area contributed by atoms with E-state index in [9.17, 15) is 0 Å². The Morgan fingerprint density at radius 2 is 2.19 bits per heavy atom. The molecule has 84 valence electrons. The molecule has 0 aliphatic heterocycles. The molecule has 2 rings (SSSR count). The first-order chi connectivity index (χ1) is 7.58. The molecule has 6 heteroatoms. The lowest BCUT2D eigenvalue weighted by atomic mass is 10.2. The van der Waals surface area contributed by atoms with Gasteiger partial charge in [0.05, 0.1) is 5.38 Å². The summed E-state index contributed by atoms with van der Waals surface area (Å²) >= 11 is 13.3. The van der Waals surface area contributed by atoms with Gasteiger partial charge in [-0.3, -0.25) is 0 Å². The van der Waals surface area contributed by atoms with Crippen LogP contribution in [0.5, 0.6) is 0 Å². The summed E-state index contributed by atoms with van der Waals surface area (Å²) in [7, 11) is 0. The van der Waals surface area contributed by atoms with E-state index < -0.39 is 0 Å². The predicted molar refractivity (Wildman–Crippen MR) is 80.0 cm³/mol. The molecule has 0 spiro atoms. The normalized spacial score (nSPS) is 12.8. The largest absolute Gasteiger partial charge is 0.148 e. The average Bonchev–Trinajstić information content (AvgIpc) is 2.70. The van der Waals surface area contributed by atoms with Gasteiger partial charge in [0.15, 0.2) is 0 Å². The van der Waals surface area contributed by atoms with Crippen LogP contribution in [-0.4, -0.2) is 10.2 Å². The van der Waals surface area contributed by atoms with Gasteiger partial charge in [0.25, 0.3) is 0 Å². The van der Waals surface area contributed by atoms with E-state index >= 15 is 0 Å². The molecule has 16 heavy (non-hydrogen) atoms. The number of rotatable bonds is 2. The third kappa shape index (κ3) is 2.75. The third-order valence-corrected chi connectivity index (χ3v) is 4.85. The molecule has 0 saturated carbocycles. The van der Waals surface area contributed by atoms with Gasteiger partial charge in [0.1, 0.15) is 10.0 Å². The first kappa shape index (κ1) is 12.7. The van der Waals surface area contributed by atoms with Crippen molar-refractivity contribution in [2.24, 2.45) is 0 Å². The van der Waals surface area contributed by atoms with Gasteiger partial charge >= 0.3 is 0 Å². The van der Waals surface area contributed by atoms with Crippen LogP contribution in [0.2, 0.25) is 0 Å². The Bertz CT molecular complexity index is 515. The molecule has 0 N–H and O–H groups in total. The molecule has 0 amide bonds. The molecule has 0 bridgehead atoms. The van der Waals surface area contributed by atoms with Gasteiger partial charge in [-0.05, 0) is 47.7 Å². The summed E-state index contributed by atoms with van der Waals surface area (Å²) in [6.45, 7) is 1.90. The minimum Gasteiger partial charge on any atom is -0.142 e. The number of alkyl halides is 1. The van der Waals surface area contributed by atoms with Crippen molar-refractivity contribution in [2.45, 2.75) is 12.3 Å². The van der Waals surface area contributed by atoms with Gasteiger partial charge in [-0.2, -0.15) is 0 Å². The number of benzene rings is 1. The molecule has 2 aromatic rings. The quantitative estimate of drug-likeness (QED) is 0.503. The number of aromatic nitrogens is 2. The molecule has 1 heterocycles. The second-order valence-corrected chi connectivity index (χ2v) is 6.93. The van der Waals surface area contributed by atoms with E-state index in [1.54, 1.807) is 0 Å². The topological polar surface area (TPSA) is 25.8 Å². The van der Waals surface area contributed by atoms with Crippen molar-refractivity contribution < 1.29 is 0 Å². The van der Waals surface area contributed by atoms with E-state index in [2.05, 4.69) is 48.7 Å². The minimum absolute atomic E-state index is 0.0870. The van der Waals surface area contributed by atoms with Gasteiger partial charge in [-0.25, -0.2) is 0 Å². The van der Waals surface area contributed by atoms with Gasteiger partial charge in [0, 0.05) is 13.6 Å². The Kier molecular flexibility index (Phi) is 4.21. The second-order valence-electron chi connectivity index (χ2n) is 3.19. The van der Waals surface area contributed by atoms with Gasteiger partial charge < -0.3 is 0 Å². The fourth-order valence-corrected chi connectivity index (χ4v) is 3.28. The lowest BCUT2D eigenvalue weighted by molar-refractivity contribution is 0.962. The molecule has 0 saturated heterocycles. The maximum atomic E-state index is 5.97. The van der Waals surface area contributed by atoms with Crippen LogP contribution in [0.3, 0.4) is 0 Å². The smallest absolute Gasteiger partial charge is 0.142 e. The summed E-state index contributed by atoms with van der Waals surface area (Å²) in [6, 6.07) is 6.10. The lowest BCUT2D eigenvalue weighted by Crippen LogP contribution is -1.82. The summed E-state index contributed by atoms with van der Waals surface area (Å²) in [5, 5.41) is 9.93. The van der Waals surface area contributed by atoms with E-state index in [1.165, 1.54) is 11.3 Å². The summed E-state index contributed by atoms with van der Waals surface area (Å²) < 4.78 is 2.20. The van der Waals surface area contributed by atoms with Crippen LogP contribution in [0.4, 0.5) is 0 Å². The van der Waals surface area contributed by atoms with Crippen LogP contribution in [0.25, 0.3) is 10.6 Å². The second kappa shape index (κ2) is 5.29. The molecule has 2 nitrogen and oxygen atoms in total. The van der Waals surface area contributed by atoms with Crippen LogP contribution < -0.4 is 0 Å². The van der Waals surface area contributed by atoms with Crippen molar-refractivity contribution in [3.63, 3.8) is 0 Å². The lowest BCUT2D eigenvalue weighted by Gasteiger charge is -2.00. The Morgan fingerprint density at radius 3 is 2.81 bits per heavy atom. The van der Waals surface area contributed by atoms with Crippen LogP contribution in [0.1, 0.15) is 17.3 Å². The molecular formula is C10H7BrClIN2S. The van der Waals surface area contributed by atoms with E-state index in [4.69, 9.17) is 11.6 Å². The van der Waals surface area contributed by atoms with Crippen LogP contribution in [-0.2, 0) is 0 Å². The number of hydrogen-bond donors (Lipinski definition) is 0. The maximum absolute atomic E-state index is 5.97. The minimum atomic E-state index is -0.0870. The van der Waals surface area contributed by atoms with Crippen molar-refractivity contribution in [1.82, 2.24) is 10.2 Å². The zero-order chi connectivity index (χ0) is 11.7. The molecular weight excluding hydrogens is 422 g/mol. The SMILES string of the molecule is CC(Cl)c1nnc(-c2cc(Br)ccc2I)s1. The summed E-state index contributed by atoms with van der Waals surface area (Å²) in [6.07, 6.45) is 0. The highest BCUT2D eigenvalue weighted by molar-refractivity contribution is 14.1. The summed E-state index contributed by atoms with van der Waals surface area (Å²) in [4.78, 5) is 0. The van der Waals surface area contributed by atoms with Crippen molar-refractivity contribution in [3.05, 3.63) is 31.2 Å². The Hall–Kier alpha value is 0.280. The van der Waals surface area contributed by atoms with Crippen molar-refractivity contribution >= 4 is 61.5 Å². The van der Waals surface area contributed by atoms with Crippen LogP contribution >= 0.6 is 61.5 Å². The Morgan fingerprint density at radius 1 is 1.44 bits per heavy atom. The van der Waals surface area contributed by atoms with Crippen molar-refractivity contribution in [1.29, 1.82) is 0 Å². The first-order valence-corrected chi connectivity index (χ1v) is 7.63. The fraction of sp³-hybridized carbons (Fsp3) is 0.200. The predicted octanol–water partition coefficient (Wildman–Crippen LogP) is 4.87. The molecule has 0 fully saturated rings. The maximum Gasteiger partial charge on any atom is 0.148 e. The van der Waals surface area contributed by atoms with Gasteiger partial charge in [-0.15, -0.1) is 21.8 Å². The number of halogens is 3. The van der Waals surface area contributed by atoms with Crippen LogP contribution in [0, 0.1) is 3.57 Å². The summed E-state index contributed by atoms with van der Waals surface area (Å²) in [5.41, 5.74) is 1.09. The van der Waals surface area contributed by atoms with E-state index in [0.717, 1.165) is 23.6 Å². The molecule has 0 radical (unpaired) electrons. The van der Waals surface area contributed by atoms with E-state index in [-0.39, 0.29) is 5.38 Å². The van der Waals surface area contributed by atoms with E-state index in [0.29, 0.717) is 0 Å². The van der Waals surface area contributed by atoms with Gasteiger partial charge in [0.2, 0.25) is 0 Å². The Balaban J connectivity index is 2.46. The molecule has 0 aliphatic carbocycles. The average molecular weight is 430 g/mol. The standard InChI is InChI=1S/C10H7BrClIN2S/c1-5(12)9-14-15-10(16-9)7-4-6(11)2-3-8(7)13/h2-5H,1H3. The Labute approximate surface area is 125 Å². The molecule has 1 aromatic carbocycles. The zero-order valence-electron chi connectivity index (χ0n) is 8.25. The monoisotopic (exact) mass is 428 g/mol. The van der Waals surface area contributed by atoms with Crippen LogP contribution in [0.15, 0.2) is 22.7 Å². The summed E-state index contributed by atoms with van der Waals surface area (Å²) in [5.74, 6) is 0. The highest BCUT2D eigenvalue weighted by Crippen LogP contribution is 2.33. The molecule has 1 unspecified atom stereocenters. The fourth-order valence-electron chi connectivity index (χ4n) is 1.17. The molecule has 0 aliphatic rings. The van der Waals surface area contributed by atoms with Crippen molar-refractivity contribution in [3.8, 4) is 10.6 Å². The molecule has 1 atom stereocenters. The number of hydrogen-bond acceptors (Lipinski definition) is 3. The highest BCUT2D eigenvalue weighted by Gasteiger charge is 2.13. The zero-order valence-corrected chi connectivity index (χ0v) is 13.6. The van der Waals surface area contributed by atoms with Crippen molar-refractivity contribution in [2.75, 3.05) is 0 Å². The van der Waals surface area contributed by atoms with E-state index in [1.807, 2.05) is 25.1 Å². The molecule has 1 aromatic heterocycles. The third-order valence-electron chi connectivity index (χ3n) is 1.94.